The van der Waals surface area contributed by atoms with Crippen molar-refractivity contribution in [3.8, 4) is 0 Å². The Morgan fingerprint density at radius 1 is 1.28 bits per heavy atom. The highest BCUT2D eigenvalue weighted by Crippen LogP contribution is 2.21. The second-order valence-corrected chi connectivity index (χ2v) is 4.75. The van der Waals surface area contributed by atoms with Crippen LogP contribution in [0.3, 0.4) is 0 Å². The Bertz CT molecular complexity index is 470. The zero-order valence-electron chi connectivity index (χ0n) is 9.73. The van der Waals surface area contributed by atoms with Gasteiger partial charge in [-0.1, -0.05) is 6.07 Å². The van der Waals surface area contributed by atoms with Crippen LogP contribution in [0.1, 0.15) is 23.2 Å². The highest BCUT2D eigenvalue weighted by atomic mass is 35.5. The summed E-state index contributed by atoms with van der Waals surface area (Å²) in [6.07, 6.45) is 1.15. The number of piperidine rings is 1. The minimum absolute atomic E-state index is 0.164. The van der Waals surface area contributed by atoms with Crippen molar-refractivity contribution < 1.29 is 14.0 Å². The minimum atomic E-state index is -0.424. The van der Waals surface area contributed by atoms with Gasteiger partial charge in [0.05, 0.1) is 0 Å². The van der Waals surface area contributed by atoms with E-state index in [1.54, 1.807) is 11.0 Å². The van der Waals surface area contributed by atoms with Crippen LogP contribution in [0, 0.1) is 11.7 Å². The van der Waals surface area contributed by atoms with Gasteiger partial charge in [0.1, 0.15) is 5.82 Å². The van der Waals surface area contributed by atoms with Crippen LogP contribution in [0.4, 0.5) is 4.39 Å². The van der Waals surface area contributed by atoms with Gasteiger partial charge in [-0.05, 0) is 42.6 Å². The molecule has 0 spiro atoms. The highest BCUT2D eigenvalue weighted by molar-refractivity contribution is 6.64. The van der Waals surface area contributed by atoms with Gasteiger partial charge in [0, 0.05) is 24.6 Å². The quantitative estimate of drug-likeness (QED) is 0.774. The average Bonchev–Trinajstić information content (AvgIpc) is 2.38. The fraction of sp³-hybridized carbons (Fsp3) is 0.385. The monoisotopic (exact) mass is 269 g/mol. The maximum absolute atomic E-state index is 13.0. The summed E-state index contributed by atoms with van der Waals surface area (Å²) in [7, 11) is 0. The first-order valence-electron chi connectivity index (χ1n) is 5.82. The topological polar surface area (TPSA) is 37.4 Å². The lowest BCUT2D eigenvalue weighted by atomic mass is 9.98. The van der Waals surface area contributed by atoms with Gasteiger partial charge in [-0.3, -0.25) is 9.59 Å². The molecule has 0 N–H and O–H groups in total. The van der Waals surface area contributed by atoms with Crippen molar-refractivity contribution >= 4 is 22.8 Å². The van der Waals surface area contributed by atoms with Gasteiger partial charge >= 0.3 is 0 Å². The molecule has 1 fully saturated rings. The Kier molecular flexibility index (Phi) is 3.97. The molecule has 0 aromatic heterocycles. The van der Waals surface area contributed by atoms with Gasteiger partial charge in [-0.25, -0.2) is 4.39 Å². The molecule has 1 aromatic carbocycles. The molecule has 0 saturated carbocycles. The molecule has 1 aliphatic rings. The van der Waals surface area contributed by atoms with Gasteiger partial charge in [-0.2, -0.15) is 0 Å². The molecule has 1 heterocycles. The van der Waals surface area contributed by atoms with Crippen molar-refractivity contribution in [3.63, 3.8) is 0 Å². The van der Waals surface area contributed by atoms with Crippen molar-refractivity contribution in [3.05, 3.63) is 35.6 Å². The van der Waals surface area contributed by atoms with Crippen molar-refractivity contribution in [2.45, 2.75) is 12.8 Å². The van der Waals surface area contributed by atoms with Crippen LogP contribution in [0.15, 0.2) is 24.3 Å². The summed E-state index contributed by atoms with van der Waals surface area (Å²) in [6.45, 7) is 0.969. The van der Waals surface area contributed by atoms with Crippen LogP contribution in [0.2, 0.25) is 0 Å². The van der Waals surface area contributed by atoms with Crippen LogP contribution in [-0.2, 0) is 4.79 Å². The molecule has 2 rings (SSSR count). The maximum atomic E-state index is 13.0. The van der Waals surface area contributed by atoms with Crippen molar-refractivity contribution in [2.75, 3.05) is 13.1 Å². The number of carbonyl (C=O) groups excluding carboxylic acids is 2. The summed E-state index contributed by atoms with van der Waals surface area (Å²) < 4.78 is 13.0. The van der Waals surface area contributed by atoms with E-state index in [4.69, 9.17) is 11.6 Å². The number of amides is 1. The minimum Gasteiger partial charge on any atom is -0.339 e. The number of rotatable bonds is 2. The predicted molar refractivity (Wildman–Crippen MR) is 65.9 cm³/mol. The molecule has 0 aliphatic carbocycles. The third-order valence-electron chi connectivity index (χ3n) is 3.17. The molecule has 1 saturated heterocycles. The van der Waals surface area contributed by atoms with E-state index in [1.165, 1.54) is 18.2 Å². The summed E-state index contributed by atoms with van der Waals surface area (Å²) in [5.41, 5.74) is 0.339. The fourth-order valence-electron chi connectivity index (χ4n) is 2.11. The molecule has 96 valence electrons. The lowest BCUT2D eigenvalue weighted by molar-refractivity contribution is -0.116. The molecule has 3 nitrogen and oxygen atoms in total. The molecule has 0 radical (unpaired) electrons. The van der Waals surface area contributed by atoms with Gasteiger partial charge in [-0.15, -0.1) is 0 Å². The summed E-state index contributed by atoms with van der Waals surface area (Å²) in [6, 6.07) is 5.62. The maximum Gasteiger partial charge on any atom is 0.253 e. The number of hydrogen-bond donors (Lipinski definition) is 0. The number of benzene rings is 1. The predicted octanol–water partition coefficient (Wildman–Crippen LogP) is 2.44. The summed E-state index contributed by atoms with van der Waals surface area (Å²) >= 11 is 5.43. The summed E-state index contributed by atoms with van der Waals surface area (Å²) in [4.78, 5) is 24.7. The molecule has 0 unspecified atom stereocenters. The van der Waals surface area contributed by atoms with Gasteiger partial charge in [0.2, 0.25) is 5.24 Å². The number of nitrogens with zero attached hydrogens (tertiary/aromatic N) is 1. The molecule has 0 bridgehead atoms. The first-order chi connectivity index (χ1) is 8.58. The average molecular weight is 270 g/mol. The first kappa shape index (κ1) is 13.0. The Morgan fingerprint density at radius 2 is 1.94 bits per heavy atom. The number of halogens is 2. The van der Waals surface area contributed by atoms with Crippen molar-refractivity contribution in [2.24, 2.45) is 5.92 Å². The molecule has 5 heteroatoms. The second kappa shape index (κ2) is 5.48. The van der Waals surface area contributed by atoms with E-state index in [9.17, 15) is 14.0 Å². The normalized spacial score (nSPS) is 16.7. The standard InChI is InChI=1S/C13H13ClFNO2/c14-12(17)9-4-6-16(7-5-9)13(18)10-2-1-3-11(15)8-10/h1-3,8-9H,4-7H2. The molecular weight excluding hydrogens is 257 g/mol. The van der Waals surface area contributed by atoms with E-state index in [1.807, 2.05) is 0 Å². The largest absolute Gasteiger partial charge is 0.339 e. The summed E-state index contributed by atoms with van der Waals surface area (Å²) in [5.74, 6) is -0.787. The molecule has 18 heavy (non-hydrogen) atoms. The number of likely N-dealkylation sites (tertiary alicyclic amines) is 1. The van der Waals surface area contributed by atoms with Crippen molar-refractivity contribution in [1.82, 2.24) is 4.90 Å². The SMILES string of the molecule is O=C(Cl)C1CCN(C(=O)c2cccc(F)c2)CC1. The van der Waals surface area contributed by atoms with E-state index in [-0.39, 0.29) is 17.1 Å². The molecule has 1 aromatic rings. The van der Waals surface area contributed by atoms with E-state index in [2.05, 4.69) is 0 Å². The zero-order chi connectivity index (χ0) is 13.1. The zero-order valence-corrected chi connectivity index (χ0v) is 10.5. The van der Waals surface area contributed by atoms with Crippen molar-refractivity contribution in [1.29, 1.82) is 0 Å². The fourth-order valence-corrected chi connectivity index (χ4v) is 2.33. The van der Waals surface area contributed by atoms with E-state index < -0.39 is 5.82 Å². The number of carbonyl (C=O) groups is 2. The van der Waals surface area contributed by atoms with Gasteiger partial charge in [0.15, 0.2) is 0 Å². The van der Waals surface area contributed by atoms with E-state index in [0.29, 0.717) is 31.5 Å². The smallest absolute Gasteiger partial charge is 0.253 e. The number of hydrogen-bond acceptors (Lipinski definition) is 2. The van der Waals surface area contributed by atoms with Crippen LogP contribution in [-0.4, -0.2) is 29.1 Å². The third-order valence-corrected chi connectivity index (χ3v) is 3.48. The van der Waals surface area contributed by atoms with Gasteiger partial charge < -0.3 is 4.90 Å². The first-order valence-corrected chi connectivity index (χ1v) is 6.20. The second-order valence-electron chi connectivity index (χ2n) is 4.38. The molecule has 1 amide bonds. The van der Waals surface area contributed by atoms with Crippen LogP contribution >= 0.6 is 11.6 Å². The summed E-state index contributed by atoms with van der Waals surface area (Å²) in [5, 5.41) is -0.340. The Morgan fingerprint density at radius 3 is 2.50 bits per heavy atom. The van der Waals surface area contributed by atoms with Crippen LogP contribution in [0.25, 0.3) is 0 Å². The molecular formula is C13H13ClFNO2. The van der Waals surface area contributed by atoms with Crippen LogP contribution < -0.4 is 0 Å². The lowest BCUT2D eigenvalue weighted by Crippen LogP contribution is -2.39. The highest BCUT2D eigenvalue weighted by Gasteiger charge is 2.26. The van der Waals surface area contributed by atoms with E-state index >= 15 is 0 Å². The third kappa shape index (κ3) is 2.88. The van der Waals surface area contributed by atoms with E-state index in [0.717, 1.165) is 0 Å². The Balaban J connectivity index is 2.02. The molecule has 1 aliphatic heterocycles. The Hall–Kier alpha value is -1.42. The van der Waals surface area contributed by atoms with Gasteiger partial charge in [0.25, 0.3) is 5.91 Å². The van der Waals surface area contributed by atoms with Crippen LogP contribution in [0.5, 0.6) is 0 Å². The Labute approximate surface area is 110 Å². The molecule has 0 atom stereocenters. The lowest BCUT2D eigenvalue weighted by Gasteiger charge is -2.30.